The molecule has 0 amide bonds. The number of piperidine rings is 1. The van der Waals surface area contributed by atoms with Crippen molar-refractivity contribution in [3.63, 3.8) is 0 Å². The second kappa shape index (κ2) is 3.18. The normalized spacial score (nSPS) is 18.3. The fourth-order valence-electron chi connectivity index (χ4n) is 1.31. The molecule has 2 heterocycles. The Morgan fingerprint density at radius 2 is 2.50 bits per heavy atom. The van der Waals surface area contributed by atoms with Crippen molar-refractivity contribution in [3.8, 4) is 0 Å². The molecule has 1 aromatic rings. The topological polar surface area (TPSA) is 46.1 Å². The van der Waals surface area contributed by atoms with Crippen molar-refractivity contribution in [1.29, 1.82) is 0 Å². The minimum absolute atomic E-state index is 0.302. The zero-order valence-electron chi connectivity index (χ0n) is 6.56. The van der Waals surface area contributed by atoms with Crippen LogP contribution < -0.4 is 4.90 Å². The summed E-state index contributed by atoms with van der Waals surface area (Å²) in [4.78, 5) is 13.1. The van der Waals surface area contributed by atoms with E-state index in [1.54, 1.807) is 5.51 Å². The molecule has 4 nitrogen and oxygen atoms in total. The van der Waals surface area contributed by atoms with Crippen LogP contribution in [0.2, 0.25) is 0 Å². The van der Waals surface area contributed by atoms with Crippen molar-refractivity contribution < 1.29 is 4.79 Å². The van der Waals surface area contributed by atoms with Gasteiger partial charge < -0.3 is 4.90 Å². The summed E-state index contributed by atoms with van der Waals surface area (Å²) in [5, 5.41) is 8.52. The molecule has 0 aliphatic carbocycles. The van der Waals surface area contributed by atoms with Gasteiger partial charge in [-0.3, -0.25) is 4.79 Å². The molecule has 12 heavy (non-hydrogen) atoms. The number of ketones is 1. The summed E-state index contributed by atoms with van der Waals surface area (Å²) >= 11 is 1.48. The van der Waals surface area contributed by atoms with Crippen molar-refractivity contribution in [1.82, 2.24) is 10.2 Å². The summed E-state index contributed by atoms with van der Waals surface area (Å²) in [6.07, 6.45) is 1.66. The first kappa shape index (κ1) is 7.67. The largest absolute Gasteiger partial charge is 0.339 e. The van der Waals surface area contributed by atoms with E-state index in [1.165, 1.54) is 11.3 Å². The van der Waals surface area contributed by atoms with E-state index in [4.69, 9.17) is 0 Å². The van der Waals surface area contributed by atoms with E-state index in [1.807, 2.05) is 4.90 Å². The number of carbonyl (C=O) groups excluding carboxylic acids is 1. The summed E-state index contributed by atoms with van der Waals surface area (Å²) in [5.74, 6) is 0.302. The summed E-state index contributed by atoms with van der Waals surface area (Å²) in [6, 6.07) is 0. The minimum Gasteiger partial charge on any atom is -0.339 e. The van der Waals surface area contributed by atoms with Crippen molar-refractivity contribution in [3.05, 3.63) is 5.51 Å². The lowest BCUT2D eigenvalue weighted by Crippen LogP contribution is -2.35. The number of hydrogen-bond donors (Lipinski definition) is 0. The van der Waals surface area contributed by atoms with E-state index >= 15 is 0 Å². The second-order valence-electron chi connectivity index (χ2n) is 2.79. The van der Waals surface area contributed by atoms with Gasteiger partial charge >= 0.3 is 0 Å². The maximum absolute atomic E-state index is 11.1. The Morgan fingerprint density at radius 1 is 1.58 bits per heavy atom. The van der Waals surface area contributed by atoms with Gasteiger partial charge in [-0.05, 0) is 6.42 Å². The van der Waals surface area contributed by atoms with Crippen molar-refractivity contribution >= 4 is 22.3 Å². The summed E-state index contributed by atoms with van der Waals surface area (Å²) < 4.78 is 0. The van der Waals surface area contributed by atoms with Crippen LogP contribution in [-0.4, -0.2) is 29.1 Å². The molecule has 0 atom stereocenters. The van der Waals surface area contributed by atoms with Crippen LogP contribution in [0, 0.1) is 0 Å². The molecule has 1 aliphatic rings. The number of Topliss-reactive ketones (excluding diaryl/α,β-unsaturated/α-hetero) is 1. The van der Waals surface area contributed by atoms with Crippen LogP contribution in [0.3, 0.4) is 0 Å². The SMILES string of the molecule is O=C1CCCN(c2nncs2)C1. The Balaban J connectivity index is 2.09. The van der Waals surface area contributed by atoms with E-state index < -0.39 is 0 Å². The van der Waals surface area contributed by atoms with Gasteiger partial charge in [-0.2, -0.15) is 0 Å². The Morgan fingerprint density at radius 3 is 3.17 bits per heavy atom. The van der Waals surface area contributed by atoms with E-state index in [0.29, 0.717) is 12.3 Å². The number of nitrogens with zero attached hydrogens (tertiary/aromatic N) is 3. The molecule has 1 fully saturated rings. The number of carbonyl (C=O) groups is 1. The second-order valence-corrected chi connectivity index (χ2v) is 3.60. The molecule has 0 radical (unpaired) electrons. The maximum Gasteiger partial charge on any atom is 0.208 e. The molecular formula is C7H9N3OS. The third-order valence-electron chi connectivity index (χ3n) is 1.87. The van der Waals surface area contributed by atoms with Crippen LogP contribution in [0.15, 0.2) is 5.51 Å². The third-order valence-corrected chi connectivity index (χ3v) is 2.62. The smallest absolute Gasteiger partial charge is 0.208 e. The average molecular weight is 183 g/mol. The zero-order chi connectivity index (χ0) is 8.39. The zero-order valence-corrected chi connectivity index (χ0v) is 7.38. The quantitative estimate of drug-likeness (QED) is 0.643. The van der Waals surface area contributed by atoms with E-state index in [-0.39, 0.29) is 0 Å². The van der Waals surface area contributed by atoms with Gasteiger partial charge in [-0.25, -0.2) is 0 Å². The van der Waals surface area contributed by atoms with Gasteiger partial charge in [-0.15, -0.1) is 10.2 Å². The highest BCUT2D eigenvalue weighted by atomic mass is 32.1. The number of anilines is 1. The van der Waals surface area contributed by atoms with Crippen molar-refractivity contribution in [2.45, 2.75) is 12.8 Å². The van der Waals surface area contributed by atoms with E-state index in [0.717, 1.165) is 24.5 Å². The Kier molecular flexibility index (Phi) is 2.03. The molecule has 0 bridgehead atoms. The molecule has 5 heteroatoms. The maximum atomic E-state index is 11.1. The fraction of sp³-hybridized carbons (Fsp3) is 0.571. The molecule has 1 aromatic heterocycles. The molecule has 1 aliphatic heterocycles. The molecule has 2 rings (SSSR count). The Labute approximate surface area is 74.2 Å². The summed E-state index contributed by atoms with van der Waals surface area (Å²) in [6.45, 7) is 1.44. The standard InChI is InChI=1S/C7H9N3OS/c11-6-2-1-3-10(4-6)7-9-8-5-12-7/h5H,1-4H2. The molecule has 0 saturated carbocycles. The number of rotatable bonds is 1. The van der Waals surface area contributed by atoms with E-state index in [2.05, 4.69) is 10.2 Å². The monoisotopic (exact) mass is 183 g/mol. The molecule has 0 aromatic carbocycles. The number of hydrogen-bond acceptors (Lipinski definition) is 5. The lowest BCUT2D eigenvalue weighted by molar-refractivity contribution is -0.118. The lowest BCUT2D eigenvalue weighted by Gasteiger charge is -2.24. The first-order chi connectivity index (χ1) is 5.86. The van der Waals surface area contributed by atoms with Crippen LogP contribution in [0.1, 0.15) is 12.8 Å². The van der Waals surface area contributed by atoms with Gasteiger partial charge in [-0.1, -0.05) is 11.3 Å². The third kappa shape index (κ3) is 1.45. The predicted octanol–water partition coefficient (Wildman–Crippen LogP) is 0.707. The van der Waals surface area contributed by atoms with Crippen LogP contribution in [-0.2, 0) is 4.79 Å². The van der Waals surface area contributed by atoms with E-state index in [9.17, 15) is 4.79 Å². The first-order valence-corrected chi connectivity index (χ1v) is 4.77. The molecule has 0 unspecified atom stereocenters. The minimum atomic E-state index is 0.302. The predicted molar refractivity (Wildman–Crippen MR) is 46.4 cm³/mol. The van der Waals surface area contributed by atoms with Gasteiger partial charge in [0.1, 0.15) is 5.51 Å². The van der Waals surface area contributed by atoms with Crippen LogP contribution >= 0.6 is 11.3 Å². The van der Waals surface area contributed by atoms with Gasteiger partial charge in [0.05, 0.1) is 6.54 Å². The van der Waals surface area contributed by atoms with Crippen LogP contribution in [0.25, 0.3) is 0 Å². The first-order valence-electron chi connectivity index (χ1n) is 3.89. The molecule has 64 valence electrons. The highest BCUT2D eigenvalue weighted by Crippen LogP contribution is 2.18. The van der Waals surface area contributed by atoms with Crippen LogP contribution in [0.4, 0.5) is 5.13 Å². The average Bonchev–Trinajstić information content (AvgIpc) is 2.56. The Bertz CT molecular complexity index is 272. The van der Waals surface area contributed by atoms with Crippen molar-refractivity contribution in [2.75, 3.05) is 18.0 Å². The highest BCUT2D eigenvalue weighted by molar-refractivity contribution is 7.13. The van der Waals surface area contributed by atoms with Gasteiger partial charge in [0, 0.05) is 13.0 Å². The van der Waals surface area contributed by atoms with Gasteiger partial charge in [0.25, 0.3) is 0 Å². The number of aromatic nitrogens is 2. The van der Waals surface area contributed by atoms with Gasteiger partial charge in [0.2, 0.25) is 5.13 Å². The summed E-state index contributed by atoms with van der Waals surface area (Å²) in [5.41, 5.74) is 1.69. The molecule has 0 spiro atoms. The van der Waals surface area contributed by atoms with Gasteiger partial charge in [0.15, 0.2) is 5.78 Å². The molecule has 1 saturated heterocycles. The summed E-state index contributed by atoms with van der Waals surface area (Å²) in [7, 11) is 0. The molecular weight excluding hydrogens is 174 g/mol. The lowest BCUT2D eigenvalue weighted by atomic mass is 10.1. The molecule has 0 N–H and O–H groups in total. The van der Waals surface area contributed by atoms with Crippen LogP contribution in [0.5, 0.6) is 0 Å². The fourth-order valence-corrected chi connectivity index (χ4v) is 1.89. The Hall–Kier alpha value is -0.970. The van der Waals surface area contributed by atoms with Crippen molar-refractivity contribution in [2.24, 2.45) is 0 Å². The highest BCUT2D eigenvalue weighted by Gasteiger charge is 2.18.